The van der Waals surface area contributed by atoms with Gasteiger partial charge in [-0.25, -0.2) is 0 Å². The highest BCUT2D eigenvalue weighted by atomic mass is 19.4. The molecule has 0 radical (unpaired) electrons. The van der Waals surface area contributed by atoms with Gasteiger partial charge >= 0.3 is 23.9 Å². The Morgan fingerprint density at radius 3 is 1.61 bits per heavy atom. The van der Waals surface area contributed by atoms with Crippen LogP contribution in [0, 0.1) is 0 Å². The van der Waals surface area contributed by atoms with E-state index in [-0.39, 0.29) is 0 Å². The zero-order valence-electron chi connectivity index (χ0n) is 7.76. The number of rotatable bonds is 0. The summed E-state index contributed by atoms with van der Waals surface area (Å²) < 4.78 is 112. The average Bonchev–Trinajstić information content (AvgIpc) is 2.13. The van der Waals surface area contributed by atoms with Gasteiger partial charge in [0.05, 0.1) is 0 Å². The van der Waals surface area contributed by atoms with Gasteiger partial charge in [-0.3, -0.25) is 4.79 Å². The molecule has 0 unspecified atom stereocenters. The molecule has 0 aromatic rings. The van der Waals surface area contributed by atoms with Gasteiger partial charge in [0.15, 0.2) is 5.76 Å². The van der Waals surface area contributed by atoms with Crippen molar-refractivity contribution in [2.75, 3.05) is 0 Å². The first-order valence-corrected chi connectivity index (χ1v) is 3.88. The third kappa shape index (κ3) is 1.48. The van der Waals surface area contributed by atoms with E-state index in [4.69, 9.17) is 5.11 Å². The molecule has 0 heterocycles. The highest BCUT2D eigenvalue weighted by molar-refractivity contribution is 6.04. The van der Waals surface area contributed by atoms with Gasteiger partial charge in [-0.05, 0) is 0 Å². The standard InChI is InChI=1S/C7HF9O2/c8-4(9)2(17)1(6(12,13)14)3(18)5(10,11)7(4,15)16/h17H. The summed E-state index contributed by atoms with van der Waals surface area (Å²) >= 11 is 0. The van der Waals surface area contributed by atoms with Gasteiger partial charge < -0.3 is 5.11 Å². The third-order valence-corrected chi connectivity index (χ3v) is 2.12. The Labute approximate surface area is 91.7 Å². The van der Waals surface area contributed by atoms with Crippen molar-refractivity contribution in [1.82, 2.24) is 0 Å². The molecule has 0 amide bonds. The molecule has 1 rings (SSSR count). The van der Waals surface area contributed by atoms with E-state index in [9.17, 15) is 44.3 Å². The van der Waals surface area contributed by atoms with Crippen molar-refractivity contribution in [3.05, 3.63) is 11.3 Å². The maximum absolute atomic E-state index is 12.6. The van der Waals surface area contributed by atoms with Crippen LogP contribution >= 0.6 is 0 Å². The van der Waals surface area contributed by atoms with Gasteiger partial charge in [0, 0.05) is 0 Å². The fraction of sp³-hybridized carbons (Fsp3) is 0.571. The van der Waals surface area contributed by atoms with Crippen LogP contribution in [0.4, 0.5) is 39.5 Å². The summed E-state index contributed by atoms with van der Waals surface area (Å²) in [6.07, 6.45) is -6.12. The highest BCUT2D eigenvalue weighted by Gasteiger charge is 2.82. The molecule has 2 nitrogen and oxygen atoms in total. The zero-order chi connectivity index (χ0) is 14.7. The van der Waals surface area contributed by atoms with E-state index < -0.39 is 41.1 Å². The summed E-state index contributed by atoms with van der Waals surface area (Å²) in [5, 5.41) is 8.35. The minimum atomic E-state index is -6.46. The van der Waals surface area contributed by atoms with Gasteiger partial charge in [-0.1, -0.05) is 0 Å². The molecular weight excluding hydrogens is 287 g/mol. The van der Waals surface area contributed by atoms with Crippen LogP contribution in [0.3, 0.4) is 0 Å². The van der Waals surface area contributed by atoms with Crippen molar-refractivity contribution in [2.45, 2.75) is 23.9 Å². The Hall–Kier alpha value is -1.42. The number of aliphatic hydroxyl groups is 1. The summed E-state index contributed by atoms with van der Waals surface area (Å²) in [6.45, 7) is 0. The molecule has 0 bridgehead atoms. The van der Waals surface area contributed by atoms with Crippen molar-refractivity contribution in [3.63, 3.8) is 0 Å². The number of carbonyl (C=O) groups excluding carboxylic acids is 1. The van der Waals surface area contributed by atoms with Crippen LogP contribution in [0.2, 0.25) is 0 Å². The van der Waals surface area contributed by atoms with Gasteiger partial charge in [-0.2, -0.15) is 39.5 Å². The molecule has 1 aliphatic rings. The highest BCUT2D eigenvalue weighted by Crippen LogP contribution is 2.55. The molecule has 0 saturated carbocycles. The fourth-order valence-electron chi connectivity index (χ4n) is 1.17. The predicted octanol–water partition coefficient (Wildman–Crippen LogP) is 2.85. The largest absolute Gasteiger partial charge is 0.506 e. The monoisotopic (exact) mass is 288 g/mol. The number of aliphatic hydroxyl groups excluding tert-OH is 1. The number of halogens is 9. The molecule has 104 valence electrons. The van der Waals surface area contributed by atoms with Gasteiger partial charge in [0.2, 0.25) is 5.78 Å². The number of allylic oxidation sites excluding steroid dienone is 2. The molecule has 18 heavy (non-hydrogen) atoms. The Morgan fingerprint density at radius 2 is 1.28 bits per heavy atom. The van der Waals surface area contributed by atoms with E-state index in [1.165, 1.54) is 0 Å². The van der Waals surface area contributed by atoms with E-state index >= 15 is 0 Å². The van der Waals surface area contributed by atoms with E-state index in [0.29, 0.717) is 0 Å². The van der Waals surface area contributed by atoms with E-state index in [0.717, 1.165) is 0 Å². The molecule has 0 saturated heterocycles. The second kappa shape index (κ2) is 3.32. The smallest absolute Gasteiger partial charge is 0.423 e. The molecule has 1 aliphatic carbocycles. The molecule has 11 heteroatoms. The molecule has 0 aromatic carbocycles. The van der Waals surface area contributed by atoms with Crippen molar-refractivity contribution in [1.29, 1.82) is 0 Å². The number of hydrogen-bond acceptors (Lipinski definition) is 2. The lowest BCUT2D eigenvalue weighted by Crippen LogP contribution is -2.63. The number of alkyl halides is 9. The summed E-state index contributed by atoms with van der Waals surface area (Å²) in [7, 11) is 0. The van der Waals surface area contributed by atoms with Crippen molar-refractivity contribution in [3.8, 4) is 0 Å². The predicted molar refractivity (Wildman–Crippen MR) is 35.6 cm³/mol. The minimum Gasteiger partial charge on any atom is -0.506 e. The van der Waals surface area contributed by atoms with Crippen LogP contribution in [0.15, 0.2) is 11.3 Å². The third-order valence-electron chi connectivity index (χ3n) is 2.12. The summed E-state index contributed by atoms with van der Waals surface area (Å²) in [4.78, 5) is 10.5. The Balaban J connectivity index is 3.71. The lowest BCUT2D eigenvalue weighted by atomic mass is 9.86. The number of Topliss-reactive ketones (excluding diaryl/α,β-unsaturated/α-hetero) is 1. The average molecular weight is 288 g/mol. The number of hydrogen-bond donors (Lipinski definition) is 1. The van der Waals surface area contributed by atoms with Crippen LogP contribution in [-0.4, -0.2) is 34.8 Å². The quantitative estimate of drug-likeness (QED) is 0.696. The first kappa shape index (κ1) is 14.6. The summed E-state index contributed by atoms with van der Waals surface area (Å²) in [5.41, 5.74) is -3.39. The molecular formula is C7HF9O2. The first-order chi connectivity index (χ1) is 7.69. The van der Waals surface area contributed by atoms with Crippen LogP contribution in [0.25, 0.3) is 0 Å². The number of carbonyl (C=O) groups is 1. The van der Waals surface area contributed by atoms with E-state index in [2.05, 4.69) is 0 Å². The Bertz CT molecular complexity index is 431. The van der Waals surface area contributed by atoms with E-state index in [1.807, 2.05) is 0 Å². The maximum atomic E-state index is 12.6. The van der Waals surface area contributed by atoms with Crippen LogP contribution in [-0.2, 0) is 4.79 Å². The SMILES string of the molecule is O=C1C(C(F)(F)F)=C(O)C(F)(F)C(F)(F)C1(F)F. The number of ketones is 1. The van der Waals surface area contributed by atoms with E-state index in [1.54, 1.807) is 0 Å². The van der Waals surface area contributed by atoms with Crippen molar-refractivity contribution in [2.24, 2.45) is 0 Å². The van der Waals surface area contributed by atoms with Gasteiger partial charge in [-0.15, -0.1) is 0 Å². The topological polar surface area (TPSA) is 37.3 Å². The van der Waals surface area contributed by atoms with Gasteiger partial charge in [0.1, 0.15) is 5.57 Å². The first-order valence-electron chi connectivity index (χ1n) is 3.88. The molecule has 0 aromatic heterocycles. The van der Waals surface area contributed by atoms with Crippen LogP contribution in [0.1, 0.15) is 0 Å². The van der Waals surface area contributed by atoms with Crippen molar-refractivity contribution >= 4 is 5.78 Å². The van der Waals surface area contributed by atoms with Gasteiger partial charge in [0.25, 0.3) is 0 Å². The van der Waals surface area contributed by atoms with Crippen molar-refractivity contribution < 1.29 is 49.4 Å². The molecule has 0 spiro atoms. The Morgan fingerprint density at radius 1 is 0.889 bits per heavy atom. The lowest BCUT2D eigenvalue weighted by molar-refractivity contribution is -0.299. The van der Waals surface area contributed by atoms with Crippen LogP contribution in [0.5, 0.6) is 0 Å². The summed E-state index contributed by atoms with van der Waals surface area (Å²) in [5.74, 6) is -26.0. The minimum absolute atomic E-state index is 3.39. The summed E-state index contributed by atoms with van der Waals surface area (Å²) in [6, 6.07) is 0. The molecule has 0 aliphatic heterocycles. The second-order valence-corrected chi connectivity index (χ2v) is 3.27. The zero-order valence-corrected chi connectivity index (χ0v) is 7.76. The molecule has 1 N–H and O–H groups in total. The molecule has 0 atom stereocenters. The maximum Gasteiger partial charge on any atom is 0.423 e. The lowest BCUT2D eigenvalue weighted by Gasteiger charge is -2.36. The Kier molecular flexibility index (Phi) is 2.70. The van der Waals surface area contributed by atoms with Crippen LogP contribution < -0.4 is 0 Å². The fourth-order valence-corrected chi connectivity index (χ4v) is 1.17. The molecule has 0 fully saturated rings. The normalized spacial score (nSPS) is 26.4. The second-order valence-electron chi connectivity index (χ2n) is 3.27.